The highest BCUT2D eigenvalue weighted by Gasteiger charge is 2.14. The topological polar surface area (TPSA) is 99.9 Å². The third-order valence-electron chi connectivity index (χ3n) is 3.37. The fourth-order valence-electron chi connectivity index (χ4n) is 2.09. The fourth-order valence-corrected chi connectivity index (χ4v) is 2.09. The van der Waals surface area contributed by atoms with Crippen molar-refractivity contribution in [1.82, 2.24) is 0 Å². The first-order valence-electron chi connectivity index (χ1n) is 7.01. The van der Waals surface area contributed by atoms with Crippen molar-refractivity contribution >= 4 is 23.3 Å². The van der Waals surface area contributed by atoms with Crippen molar-refractivity contribution < 1.29 is 23.8 Å². The molecule has 126 valence electrons. The number of carbonyl (C=O) groups excluding carboxylic acids is 2. The molecule has 0 atom stereocenters. The summed E-state index contributed by atoms with van der Waals surface area (Å²) in [4.78, 5) is 23.9. The summed E-state index contributed by atoms with van der Waals surface area (Å²) in [6, 6.07) is 9.31. The molecule has 0 bridgehead atoms. The Morgan fingerprint density at radius 2 is 1.54 bits per heavy atom. The number of ether oxygens (including phenoxy) is 3. The van der Waals surface area contributed by atoms with Crippen LogP contribution in [-0.4, -0.2) is 33.2 Å². The van der Waals surface area contributed by atoms with E-state index in [1.165, 1.54) is 33.5 Å². The van der Waals surface area contributed by atoms with Crippen molar-refractivity contribution in [3.63, 3.8) is 0 Å². The van der Waals surface area contributed by atoms with E-state index in [2.05, 4.69) is 10.1 Å². The molecule has 24 heavy (non-hydrogen) atoms. The zero-order valence-corrected chi connectivity index (χ0v) is 13.6. The van der Waals surface area contributed by atoms with Crippen LogP contribution >= 0.6 is 0 Å². The van der Waals surface area contributed by atoms with Gasteiger partial charge in [0.05, 0.1) is 38.3 Å². The van der Waals surface area contributed by atoms with Gasteiger partial charge in [-0.2, -0.15) is 0 Å². The minimum atomic E-state index is -0.491. The van der Waals surface area contributed by atoms with Gasteiger partial charge in [0.2, 0.25) is 0 Å². The van der Waals surface area contributed by atoms with Gasteiger partial charge < -0.3 is 25.3 Å². The minimum absolute atomic E-state index is 0.321. The second kappa shape index (κ2) is 7.36. The maximum Gasteiger partial charge on any atom is 0.337 e. The standard InChI is InChI=1S/C17H18N2O5/c1-22-14-8-10(4-6-12(14)18)16(20)19-13-7-5-11(17(21)24-3)9-15(13)23-2/h4-9H,18H2,1-3H3,(H,19,20). The highest BCUT2D eigenvalue weighted by molar-refractivity contribution is 6.06. The van der Waals surface area contributed by atoms with Crippen LogP contribution in [0.1, 0.15) is 20.7 Å². The molecular formula is C17H18N2O5. The van der Waals surface area contributed by atoms with Crippen LogP contribution in [0.2, 0.25) is 0 Å². The summed E-state index contributed by atoms with van der Waals surface area (Å²) in [5.41, 5.74) is 7.29. The Bertz CT molecular complexity index is 774. The highest BCUT2D eigenvalue weighted by atomic mass is 16.5. The molecule has 2 rings (SSSR count). The van der Waals surface area contributed by atoms with E-state index in [9.17, 15) is 9.59 Å². The molecule has 2 aromatic rings. The van der Waals surface area contributed by atoms with Crippen molar-refractivity contribution in [3.8, 4) is 11.5 Å². The lowest BCUT2D eigenvalue weighted by molar-refractivity contribution is 0.0600. The number of anilines is 2. The first-order valence-corrected chi connectivity index (χ1v) is 7.01. The summed E-state index contributed by atoms with van der Waals surface area (Å²) in [6.45, 7) is 0. The van der Waals surface area contributed by atoms with E-state index in [4.69, 9.17) is 15.2 Å². The molecule has 0 aliphatic heterocycles. The zero-order valence-electron chi connectivity index (χ0n) is 13.6. The van der Waals surface area contributed by atoms with Crippen molar-refractivity contribution in [1.29, 1.82) is 0 Å². The molecule has 0 fully saturated rings. The van der Waals surface area contributed by atoms with Gasteiger partial charge >= 0.3 is 5.97 Å². The number of nitrogens with two attached hydrogens (primary N) is 1. The molecule has 0 aliphatic rings. The van der Waals surface area contributed by atoms with Crippen LogP contribution in [0.3, 0.4) is 0 Å². The number of amides is 1. The Hall–Kier alpha value is -3.22. The van der Waals surface area contributed by atoms with E-state index in [0.29, 0.717) is 34.0 Å². The molecule has 0 spiro atoms. The van der Waals surface area contributed by atoms with Gasteiger partial charge in [0.25, 0.3) is 5.91 Å². The fraction of sp³-hybridized carbons (Fsp3) is 0.176. The van der Waals surface area contributed by atoms with Gasteiger partial charge in [0, 0.05) is 5.56 Å². The maximum absolute atomic E-state index is 12.4. The average Bonchev–Trinajstić information content (AvgIpc) is 2.61. The molecule has 0 aliphatic carbocycles. The lowest BCUT2D eigenvalue weighted by atomic mass is 10.1. The predicted octanol–water partition coefficient (Wildman–Crippen LogP) is 2.32. The number of hydrogen-bond acceptors (Lipinski definition) is 6. The Labute approximate surface area is 139 Å². The number of nitrogen functional groups attached to an aromatic ring is 1. The molecule has 0 heterocycles. The third kappa shape index (κ3) is 3.57. The van der Waals surface area contributed by atoms with Crippen LogP contribution in [-0.2, 0) is 4.74 Å². The summed E-state index contributed by atoms with van der Waals surface area (Å²) in [5, 5.41) is 2.72. The number of carbonyl (C=O) groups is 2. The summed E-state index contributed by atoms with van der Waals surface area (Å²) in [7, 11) is 4.21. The van der Waals surface area contributed by atoms with E-state index in [0.717, 1.165) is 0 Å². The normalized spacial score (nSPS) is 9.96. The highest BCUT2D eigenvalue weighted by Crippen LogP contribution is 2.27. The lowest BCUT2D eigenvalue weighted by Gasteiger charge is -2.12. The SMILES string of the molecule is COC(=O)c1ccc(NC(=O)c2ccc(N)c(OC)c2)c(OC)c1. The molecule has 0 radical (unpaired) electrons. The van der Waals surface area contributed by atoms with Crippen molar-refractivity contribution in [2.45, 2.75) is 0 Å². The van der Waals surface area contributed by atoms with Gasteiger partial charge in [-0.25, -0.2) is 4.79 Å². The van der Waals surface area contributed by atoms with Gasteiger partial charge in [-0.3, -0.25) is 4.79 Å². The molecular weight excluding hydrogens is 312 g/mol. The number of rotatable bonds is 5. The van der Waals surface area contributed by atoms with Gasteiger partial charge in [0.15, 0.2) is 0 Å². The Morgan fingerprint density at radius 3 is 2.17 bits per heavy atom. The van der Waals surface area contributed by atoms with Gasteiger partial charge in [-0.05, 0) is 36.4 Å². The molecule has 2 aromatic carbocycles. The Morgan fingerprint density at radius 1 is 0.917 bits per heavy atom. The van der Waals surface area contributed by atoms with E-state index in [-0.39, 0.29) is 5.91 Å². The summed E-state index contributed by atoms with van der Waals surface area (Å²) in [5.74, 6) is -0.101. The van der Waals surface area contributed by atoms with Crippen LogP contribution in [0.5, 0.6) is 11.5 Å². The Balaban J connectivity index is 2.27. The van der Waals surface area contributed by atoms with Crippen LogP contribution in [0.15, 0.2) is 36.4 Å². The van der Waals surface area contributed by atoms with Gasteiger partial charge in [-0.1, -0.05) is 0 Å². The summed E-state index contributed by atoms with van der Waals surface area (Å²) < 4.78 is 15.0. The molecule has 0 unspecified atom stereocenters. The number of hydrogen-bond donors (Lipinski definition) is 2. The number of nitrogens with one attached hydrogen (secondary N) is 1. The van der Waals surface area contributed by atoms with Gasteiger partial charge in [0.1, 0.15) is 11.5 Å². The quantitative estimate of drug-likeness (QED) is 0.645. The van der Waals surface area contributed by atoms with Crippen LogP contribution in [0.25, 0.3) is 0 Å². The predicted molar refractivity (Wildman–Crippen MR) is 89.7 cm³/mol. The molecule has 7 heteroatoms. The summed E-state index contributed by atoms with van der Waals surface area (Å²) >= 11 is 0. The second-order valence-corrected chi connectivity index (χ2v) is 4.82. The average molecular weight is 330 g/mol. The van der Waals surface area contributed by atoms with Crippen LogP contribution in [0.4, 0.5) is 11.4 Å². The van der Waals surface area contributed by atoms with Crippen molar-refractivity contribution in [2.24, 2.45) is 0 Å². The smallest absolute Gasteiger partial charge is 0.337 e. The third-order valence-corrected chi connectivity index (χ3v) is 3.37. The number of benzene rings is 2. The summed E-state index contributed by atoms with van der Waals surface area (Å²) in [6.07, 6.45) is 0. The molecule has 1 amide bonds. The Kier molecular flexibility index (Phi) is 5.26. The van der Waals surface area contributed by atoms with Crippen molar-refractivity contribution in [2.75, 3.05) is 32.4 Å². The first kappa shape index (κ1) is 17.1. The number of methoxy groups -OCH3 is 3. The first-order chi connectivity index (χ1) is 11.5. The van der Waals surface area contributed by atoms with Crippen molar-refractivity contribution in [3.05, 3.63) is 47.5 Å². The maximum atomic E-state index is 12.4. The van der Waals surface area contributed by atoms with E-state index >= 15 is 0 Å². The minimum Gasteiger partial charge on any atom is -0.495 e. The van der Waals surface area contributed by atoms with Crippen LogP contribution < -0.4 is 20.5 Å². The lowest BCUT2D eigenvalue weighted by Crippen LogP contribution is -2.13. The van der Waals surface area contributed by atoms with E-state index < -0.39 is 5.97 Å². The largest absolute Gasteiger partial charge is 0.495 e. The van der Waals surface area contributed by atoms with E-state index in [1.54, 1.807) is 24.3 Å². The number of esters is 1. The molecule has 3 N–H and O–H groups in total. The molecule has 0 saturated carbocycles. The second-order valence-electron chi connectivity index (χ2n) is 4.82. The van der Waals surface area contributed by atoms with Crippen LogP contribution in [0, 0.1) is 0 Å². The molecule has 0 aromatic heterocycles. The van der Waals surface area contributed by atoms with Gasteiger partial charge in [-0.15, -0.1) is 0 Å². The zero-order chi connectivity index (χ0) is 17.7. The molecule has 0 saturated heterocycles. The molecule has 7 nitrogen and oxygen atoms in total. The van der Waals surface area contributed by atoms with E-state index in [1.807, 2.05) is 0 Å². The monoisotopic (exact) mass is 330 g/mol.